The molecule has 33 heavy (non-hydrogen) atoms. The lowest BCUT2D eigenvalue weighted by molar-refractivity contribution is -0.137. The molecule has 6 heteroatoms. The first-order valence-corrected chi connectivity index (χ1v) is 11.5. The van der Waals surface area contributed by atoms with Crippen LogP contribution in [0.3, 0.4) is 0 Å². The molecule has 0 radical (unpaired) electrons. The van der Waals surface area contributed by atoms with Crippen molar-refractivity contribution in [2.45, 2.75) is 60.2 Å². The number of nitrogens with one attached hydrogen (secondary N) is 1. The van der Waals surface area contributed by atoms with Crippen LogP contribution in [0.15, 0.2) is 48.2 Å². The van der Waals surface area contributed by atoms with Crippen LogP contribution in [0.25, 0.3) is 5.57 Å². The second-order valence-electron chi connectivity index (χ2n) is 8.90. The topological polar surface area (TPSA) is 67.9 Å². The van der Waals surface area contributed by atoms with Gasteiger partial charge in [-0.15, -0.1) is 0 Å². The SMILES string of the molecule is Cc1ccc(NC2=C(c3ccc(OC(C)C)cc3)C(=O)N(CCCOC(C)C)C2=O)cc1C. The van der Waals surface area contributed by atoms with Gasteiger partial charge in [-0.3, -0.25) is 14.5 Å². The number of benzene rings is 2. The smallest absolute Gasteiger partial charge is 0.278 e. The fourth-order valence-corrected chi connectivity index (χ4v) is 3.64. The molecule has 0 unspecified atom stereocenters. The highest BCUT2D eigenvalue weighted by Crippen LogP contribution is 2.32. The maximum Gasteiger partial charge on any atom is 0.278 e. The summed E-state index contributed by atoms with van der Waals surface area (Å²) in [5.74, 6) is 0.103. The summed E-state index contributed by atoms with van der Waals surface area (Å²) in [4.78, 5) is 28.0. The number of ether oxygens (including phenoxy) is 2. The lowest BCUT2D eigenvalue weighted by Gasteiger charge is -2.16. The number of aryl methyl sites for hydroxylation is 2. The standard InChI is InChI=1S/C27H34N2O4/c1-17(2)32-15-7-14-29-26(30)24(21-9-12-23(13-10-21)33-18(3)4)25(27(29)31)28-22-11-8-19(5)20(6)16-22/h8-13,16-18,28H,7,14-15H2,1-6H3. The van der Waals surface area contributed by atoms with Crippen molar-refractivity contribution in [1.29, 1.82) is 0 Å². The normalized spacial score (nSPS) is 14.1. The van der Waals surface area contributed by atoms with Crippen LogP contribution in [0.2, 0.25) is 0 Å². The van der Waals surface area contributed by atoms with Gasteiger partial charge in [0.1, 0.15) is 11.4 Å². The Morgan fingerprint density at radius 3 is 2.18 bits per heavy atom. The number of carbonyl (C=O) groups excluding carboxylic acids is 2. The van der Waals surface area contributed by atoms with Crippen molar-refractivity contribution in [3.63, 3.8) is 0 Å². The predicted molar refractivity (Wildman–Crippen MR) is 131 cm³/mol. The van der Waals surface area contributed by atoms with Crippen LogP contribution in [0.5, 0.6) is 5.75 Å². The number of amides is 2. The zero-order valence-corrected chi connectivity index (χ0v) is 20.4. The monoisotopic (exact) mass is 450 g/mol. The Morgan fingerprint density at radius 2 is 1.58 bits per heavy atom. The van der Waals surface area contributed by atoms with Crippen LogP contribution in [0.4, 0.5) is 5.69 Å². The molecule has 0 atom stereocenters. The van der Waals surface area contributed by atoms with Crippen molar-refractivity contribution in [3.8, 4) is 5.75 Å². The first-order valence-electron chi connectivity index (χ1n) is 11.5. The summed E-state index contributed by atoms with van der Waals surface area (Å²) in [6, 6.07) is 13.2. The van der Waals surface area contributed by atoms with E-state index in [9.17, 15) is 9.59 Å². The quantitative estimate of drug-likeness (QED) is 0.403. The van der Waals surface area contributed by atoms with E-state index >= 15 is 0 Å². The molecule has 2 aromatic rings. The predicted octanol–water partition coefficient (Wildman–Crippen LogP) is 5.10. The summed E-state index contributed by atoms with van der Waals surface area (Å²) in [7, 11) is 0. The maximum atomic E-state index is 13.4. The van der Waals surface area contributed by atoms with Crippen molar-refractivity contribution in [3.05, 3.63) is 64.9 Å². The van der Waals surface area contributed by atoms with E-state index in [0.717, 1.165) is 22.6 Å². The molecular weight excluding hydrogens is 416 g/mol. The van der Waals surface area contributed by atoms with Crippen LogP contribution in [-0.2, 0) is 14.3 Å². The molecule has 2 aromatic carbocycles. The minimum Gasteiger partial charge on any atom is -0.491 e. The summed E-state index contributed by atoms with van der Waals surface area (Å²) in [5, 5.41) is 3.23. The molecular formula is C27H34N2O4. The first-order chi connectivity index (χ1) is 15.7. The number of nitrogens with zero attached hydrogens (tertiary/aromatic N) is 1. The highest BCUT2D eigenvalue weighted by atomic mass is 16.5. The maximum absolute atomic E-state index is 13.4. The molecule has 0 aromatic heterocycles. The van der Waals surface area contributed by atoms with E-state index in [0.29, 0.717) is 36.4 Å². The third-order valence-corrected chi connectivity index (χ3v) is 5.44. The third-order valence-electron chi connectivity index (χ3n) is 5.44. The van der Waals surface area contributed by atoms with Gasteiger partial charge in [-0.2, -0.15) is 0 Å². The average Bonchev–Trinajstić information content (AvgIpc) is 2.98. The number of rotatable bonds is 10. The van der Waals surface area contributed by atoms with Crippen molar-refractivity contribution < 1.29 is 19.1 Å². The Kier molecular flexibility index (Phi) is 7.92. The van der Waals surface area contributed by atoms with Gasteiger partial charge in [-0.1, -0.05) is 18.2 Å². The van der Waals surface area contributed by atoms with Crippen molar-refractivity contribution in [1.82, 2.24) is 4.90 Å². The van der Waals surface area contributed by atoms with Gasteiger partial charge in [0.05, 0.1) is 17.8 Å². The van der Waals surface area contributed by atoms with Gasteiger partial charge >= 0.3 is 0 Å². The second kappa shape index (κ2) is 10.7. The Labute approximate surface area is 196 Å². The molecule has 0 bridgehead atoms. The van der Waals surface area contributed by atoms with Crippen molar-refractivity contribution in [2.75, 3.05) is 18.5 Å². The molecule has 0 saturated carbocycles. The number of carbonyl (C=O) groups is 2. The van der Waals surface area contributed by atoms with Crippen LogP contribution >= 0.6 is 0 Å². The average molecular weight is 451 g/mol. The molecule has 2 amide bonds. The molecule has 3 rings (SSSR count). The number of anilines is 1. The molecule has 0 aliphatic carbocycles. The fraction of sp³-hybridized carbons (Fsp3) is 0.407. The lowest BCUT2D eigenvalue weighted by Crippen LogP contribution is -2.34. The molecule has 6 nitrogen and oxygen atoms in total. The van der Waals surface area contributed by atoms with Crippen LogP contribution in [0.1, 0.15) is 50.8 Å². The van der Waals surface area contributed by atoms with E-state index in [4.69, 9.17) is 9.47 Å². The number of hydrogen-bond donors (Lipinski definition) is 1. The van der Waals surface area contributed by atoms with E-state index in [1.165, 1.54) is 4.90 Å². The molecule has 176 valence electrons. The summed E-state index contributed by atoms with van der Waals surface area (Å²) < 4.78 is 11.3. The van der Waals surface area contributed by atoms with Crippen LogP contribution < -0.4 is 10.1 Å². The van der Waals surface area contributed by atoms with Crippen molar-refractivity contribution in [2.24, 2.45) is 0 Å². The molecule has 1 aliphatic heterocycles. The van der Waals surface area contributed by atoms with Crippen LogP contribution in [0, 0.1) is 13.8 Å². The minimum atomic E-state index is -0.319. The zero-order valence-electron chi connectivity index (χ0n) is 20.4. The van der Waals surface area contributed by atoms with Gasteiger partial charge in [0.25, 0.3) is 11.8 Å². The molecule has 0 spiro atoms. The van der Waals surface area contributed by atoms with E-state index in [-0.39, 0.29) is 24.0 Å². The van der Waals surface area contributed by atoms with E-state index in [2.05, 4.69) is 5.32 Å². The van der Waals surface area contributed by atoms with Gasteiger partial charge < -0.3 is 14.8 Å². The van der Waals surface area contributed by atoms with Gasteiger partial charge in [0.2, 0.25) is 0 Å². The fourth-order valence-electron chi connectivity index (χ4n) is 3.64. The summed E-state index contributed by atoms with van der Waals surface area (Å²) >= 11 is 0. The highest BCUT2D eigenvalue weighted by molar-refractivity contribution is 6.36. The third kappa shape index (κ3) is 6.02. The van der Waals surface area contributed by atoms with Crippen molar-refractivity contribution >= 4 is 23.1 Å². The minimum absolute atomic E-state index is 0.0512. The highest BCUT2D eigenvalue weighted by Gasteiger charge is 2.38. The molecule has 0 saturated heterocycles. The number of hydrogen-bond acceptors (Lipinski definition) is 5. The molecule has 1 aliphatic rings. The number of imide groups is 1. The Hall–Kier alpha value is -3.12. The summed E-state index contributed by atoms with van der Waals surface area (Å²) in [5.41, 5.74) is 4.39. The molecule has 1 heterocycles. The van der Waals surface area contributed by atoms with Gasteiger partial charge in [0, 0.05) is 18.8 Å². The Balaban J connectivity index is 1.91. The lowest BCUT2D eigenvalue weighted by atomic mass is 10.0. The van der Waals surface area contributed by atoms with Gasteiger partial charge in [-0.25, -0.2) is 0 Å². The van der Waals surface area contributed by atoms with E-state index in [1.807, 2.05) is 84.0 Å². The van der Waals surface area contributed by atoms with E-state index in [1.54, 1.807) is 0 Å². The largest absolute Gasteiger partial charge is 0.491 e. The summed E-state index contributed by atoms with van der Waals surface area (Å²) in [6.07, 6.45) is 0.744. The van der Waals surface area contributed by atoms with Gasteiger partial charge in [0.15, 0.2) is 0 Å². The molecule has 1 N–H and O–H groups in total. The second-order valence-corrected chi connectivity index (χ2v) is 8.90. The van der Waals surface area contributed by atoms with Crippen LogP contribution in [-0.4, -0.2) is 42.1 Å². The van der Waals surface area contributed by atoms with Gasteiger partial charge in [-0.05, 0) is 88.9 Å². The summed E-state index contributed by atoms with van der Waals surface area (Å²) in [6.45, 7) is 12.7. The Bertz CT molecular complexity index is 1040. The molecule has 0 fully saturated rings. The Morgan fingerprint density at radius 1 is 0.879 bits per heavy atom. The zero-order chi connectivity index (χ0) is 24.1. The van der Waals surface area contributed by atoms with E-state index < -0.39 is 0 Å². The first kappa shape index (κ1) is 24.5.